The Hall–Kier alpha value is -2.68. The van der Waals surface area contributed by atoms with Gasteiger partial charge in [-0.2, -0.15) is 0 Å². The van der Waals surface area contributed by atoms with Crippen LogP contribution in [0.4, 0.5) is 0 Å². The van der Waals surface area contributed by atoms with E-state index in [2.05, 4.69) is 0 Å². The lowest BCUT2D eigenvalue weighted by molar-refractivity contribution is -0.144. The quantitative estimate of drug-likeness (QED) is 0.450. The molecule has 0 unspecified atom stereocenters. The number of hydrogen-bond donors (Lipinski definition) is 0. The number of carbonyl (C=O) groups excluding carboxylic acids is 1. The molecular formula is C23H24NO3P. The molecule has 3 rings (SSSR count). The predicted molar refractivity (Wildman–Crippen MR) is 113 cm³/mol. The van der Waals surface area contributed by atoms with Crippen molar-refractivity contribution in [1.29, 1.82) is 0 Å². The molecule has 0 N–H and O–H groups in total. The molecule has 0 heterocycles. The van der Waals surface area contributed by atoms with E-state index >= 15 is 0 Å². The maximum Gasteiger partial charge on any atom is 0.323 e. The Balaban J connectivity index is 2.19. The highest BCUT2D eigenvalue weighted by atomic mass is 31.2. The lowest BCUT2D eigenvalue weighted by Gasteiger charge is -2.35. The molecule has 0 saturated heterocycles. The summed E-state index contributed by atoms with van der Waals surface area (Å²) in [7, 11) is -1.93. The largest absolute Gasteiger partial charge is 0.468 e. The summed E-state index contributed by atoms with van der Waals surface area (Å²) in [6.07, 6.45) is 0. The van der Waals surface area contributed by atoms with Crippen LogP contribution in [0.25, 0.3) is 0 Å². The molecule has 0 aliphatic rings. The topological polar surface area (TPSA) is 46.6 Å². The van der Waals surface area contributed by atoms with E-state index in [-0.39, 0.29) is 0 Å². The number of carbonyl (C=O) groups is 1. The summed E-state index contributed by atoms with van der Waals surface area (Å²) in [5, 5.41) is 1.38. The Kier molecular flexibility index (Phi) is 6.45. The van der Waals surface area contributed by atoms with Crippen LogP contribution in [0.15, 0.2) is 91.0 Å². The van der Waals surface area contributed by atoms with Crippen molar-refractivity contribution in [3.63, 3.8) is 0 Å². The molecule has 5 heteroatoms. The molecule has 144 valence electrons. The number of ether oxygens (including phenoxy) is 1. The van der Waals surface area contributed by atoms with Crippen LogP contribution >= 0.6 is 7.29 Å². The fraction of sp³-hybridized carbons (Fsp3) is 0.174. The molecule has 0 fully saturated rings. The van der Waals surface area contributed by atoms with Gasteiger partial charge in [-0.1, -0.05) is 66.7 Å². The maximum absolute atomic E-state index is 14.7. The summed E-state index contributed by atoms with van der Waals surface area (Å²) >= 11 is 0. The number of hydrogen-bond acceptors (Lipinski definition) is 3. The van der Waals surface area contributed by atoms with Gasteiger partial charge in [-0.25, -0.2) is 4.67 Å². The van der Waals surface area contributed by atoms with E-state index < -0.39 is 19.3 Å². The van der Waals surface area contributed by atoms with Crippen molar-refractivity contribution in [2.24, 2.45) is 0 Å². The van der Waals surface area contributed by atoms with Crippen LogP contribution in [0.3, 0.4) is 0 Å². The molecule has 0 aliphatic heterocycles. The van der Waals surface area contributed by atoms with Crippen molar-refractivity contribution >= 4 is 23.9 Å². The van der Waals surface area contributed by atoms with Crippen LogP contribution in [-0.2, 0) is 20.6 Å². The highest BCUT2D eigenvalue weighted by molar-refractivity contribution is 7.76. The zero-order chi connectivity index (χ0) is 20.0. The number of benzene rings is 3. The van der Waals surface area contributed by atoms with Gasteiger partial charge >= 0.3 is 5.97 Å². The smallest absolute Gasteiger partial charge is 0.323 e. The summed E-state index contributed by atoms with van der Waals surface area (Å²) in [5.41, 5.74) is 0.977. The highest BCUT2D eigenvalue weighted by Gasteiger charge is 2.40. The first-order valence-corrected chi connectivity index (χ1v) is 10.8. The van der Waals surface area contributed by atoms with Gasteiger partial charge in [0.25, 0.3) is 0 Å². The SMILES string of the molecule is COC(=O)[C@@H](C)N(Cc1ccccc1)P(=O)(c1ccccc1)c1ccccc1. The molecule has 0 aromatic heterocycles. The summed E-state index contributed by atoms with van der Waals surface area (Å²) in [6.45, 7) is 2.10. The molecule has 28 heavy (non-hydrogen) atoms. The molecule has 0 saturated carbocycles. The summed E-state index contributed by atoms with van der Waals surface area (Å²) in [4.78, 5) is 12.5. The molecule has 3 aromatic rings. The maximum atomic E-state index is 14.7. The molecule has 0 spiro atoms. The van der Waals surface area contributed by atoms with Crippen LogP contribution < -0.4 is 10.6 Å². The van der Waals surface area contributed by atoms with Crippen molar-refractivity contribution in [3.8, 4) is 0 Å². The second kappa shape index (κ2) is 9.01. The number of esters is 1. The third-order valence-electron chi connectivity index (χ3n) is 4.75. The Labute approximate surface area is 166 Å². The summed E-state index contributed by atoms with van der Waals surface area (Å²) < 4.78 is 21.5. The van der Waals surface area contributed by atoms with E-state index in [4.69, 9.17) is 4.74 Å². The predicted octanol–water partition coefficient (Wildman–Crippen LogP) is 3.98. The van der Waals surface area contributed by atoms with Crippen molar-refractivity contribution in [2.45, 2.75) is 19.5 Å². The fourth-order valence-corrected chi connectivity index (χ4v) is 6.24. The zero-order valence-corrected chi connectivity index (χ0v) is 17.0. The Morgan fingerprint density at radius 1 is 0.857 bits per heavy atom. The zero-order valence-electron chi connectivity index (χ0n) is 16.1. The van der Waals surface area contributed by atoms with Crippen molar-refractivity contribution in [1.82, 2.24) is 4.67 Å². The van der Waals surface area contributed by atoms with Gasteiger partial charge in [0.2, 0.25) is 7.29 Å². The van der Waals surface area contributed by atoms with Gasteiger partial charge in [-0.15, -0.1) is 0 Å². The van der Waals surface area contributed by atoms with Gasteiger partial charge in [0, 0.05) is 17.2 Å². The van der Waals surface area contributed by atoms with Gasteiger partial charge in [-0.05, 0) is 36.8 Å². The standard InChI is InChI=1S/C23H24NO3P/c1-19(23(25)27-2)24(18-20-12-6-3-7-13-20)28(26,21-14-8-4-9-15-21)22-16-10-5-11-17-22/h3-17,19H,18H2,1-2H3/t19-/m1/s1. The Morgan fingerprint density at radius 3 is 1.71 bits per heavy atom. The van der Waals surface area contributed by atoms with E-state index in [1.807, 2.05) is 91.0 Å². The molecule has 0 bridgehead atoms. The first-order valence-electron chi connectivity index (χ1n) is 9.17. The second-order valence-electron chi connectivity index (χ2n) is 6.53. The average molecular weight is 393 g/mol. The minimum atomic E-state index is -3.29. The fourth-order valence-electron chi connectivity index (χ4n) is 3.25. The first kappa shape index (κ1) is 20.1. The van der Waals surface area contributed by atoms with Gasteiger partial charge in [0.1, 0.15) is 6.04 Å². The van der Waals surface area contributed by atoms with Crippen LogP contribution in [-0.4, -0.2) is 23.8 Å². The van der Waals surface area contributed by atoms with Crippen LogP contribution in [0.5, 0.6) is 0 Å². The Morgan fingerprint density at radius 2 is 1.29 bits per heavy atom. The van der Waals surface area contributed by atoms with E-state index in [1.54, 1.807) is 11.6 Å². The highest BCUT2D eigenvalue weighted by Crippen LogP contribution is 2.49. The number of methoxy groups -OCH3 is 1. The van der Waals surface area contributed by atoms with Gasteiger partial charge in [-0.3, -0.25) is 9.36 Å². The molecule has 0 amide bonds. The molecular weight excluding hydrogens is 369 g/mol. The summed E-state index contributed by atoms with van der Waals surface area (Å²) in [5.74, 6) is -0.414. The minimum absolute atomic E-state index is 0.359. The van der Waals surface area contributed by atoms with E-state index in [1.165, 1.54) is 7.11 Å². The van der Waals surface area contributed by atoms with Crippen molar-refractivity contribution in [3.05, 3.63) is 96.6 Å². The van der Waals surface area contributed by atoms with Crippen molar-refractivity contribution in [2.75, 3.05) is 7.11 Å². The lowest BCUT2D eigenvalue weighted by Crippen LogP contribution is -2.42. The monoisotopic (exact) mass is 393 g/mol. The normalized spacial score (nSPS) is 12.5. The third-order valence-corrected chi connectivity index (χ3v) is 7.96. The van der Waals surface area contributed by atoms with Gasteiger partial charge in [0.05, 0.1) is 7.11 Å². The summed E-state index contributed by atoms with van der Waals surface area (Å²) in [6, 6.07) is 27.8. The van der Waals surface area contributed by atoms with E-state index in [0.29, 0.717) is 17.2 Å². The molecule has 0 aliphatic carbocycles. The molecule has 3 aromatic carbocycles. The van der Waals surface area contributed by atoms with Crippen molar-refractivity contribution < 1.29 is 14.1 Å². The first-order chi connectivity index (χ1) is 13.6. The molecule has 4 nitrogen and oxygen atoms in total. The average Bonchev–Trinajstić information content (AvgIpc) is 2.78. The third kappa shape index (κ3) is 4.09. The van der Waals surface area contributed by atoms with Gasteiger partial charge in [0.15, 0.2) is 0 Å². The van der Waals surface area contributed by atoms with E-state index in [0.717, 1.165) is 5.56 Å². The number of rotatable bonds is 7. The lowest BCUT2D eigenvalue weighted by atomic mass is 10.2. The van der Waals surface area contributed by atoms with Crippen LogP contribution in [0.2, 0.25) is 0 Å². The second-order valence-corrected chi connectivity index (χ2v) is 9.23. The molecule has 0 radical (unpaired) electrons. The minimum Gasteiger partial charge on any atom is -0.468 e. The Bertz CT molecular complexity index is 902. The number of nitrogens with zero attached hydrogens (tertiary/aromatic N) is 1. The van der Waals surface area contributed by atoms with Crippen LogP contribution in [0.1, 0.15) is 12.5 Å². The van der Waals surface area contributed by atoms with E-state index in [9.17, 15) is 9.36 Å². The van der Waals surface area contributed by atoms with Gasteiger partial charge < -0.3 is 4.74 Å². The van der Waals surface area contributed by atoms with Crippen LogP contribution in [0, 0.1) is 0 Å². The molecule has 1 atom stereocenters.